The molecule has 0 spiro atoms. The van der Waals surface area contributed by atoms with Gasteiger partial charge in [0, 0.05) is 35.6 Å². The Balaban J connectivity index is 1.71. The van der Waals surface area contributed by atoms with Crippen LogP contribution >= 0.6 is 0 Å². The number of carbonyl (C=O) groups is 2. The van der Waals surface area contributed by atoms with E-state index in [1.165, 1.54) is 12.1 Å². The summed E-state index contributed by atoms with van der Waals surface area (Å²) >= 11 is 0. The minimum Gasteiger partial charge on any atom is -0.486 e. The predicted molar refractivity (Wildman–Crippen MR) is 136 cm³/mol. The van der Waals surface area contributed by atoms with Crippen LogP contribution in [0.3, 0.4) is 0 Å². The van der Waals surface area contributed by atoms with Crippen LogP contribution in [0.5, 0.6) is 5.75 Å². The van der Waals surface area contributed by atoms with Crippen molar-refractivity contribution in [2.24, 2.45) is 0 Å². The van der Waals surface area contributed by atoms with Gasteiger partial charge in [-0.3, -0.25) is 9.59 Å². The summed E-state index contributed by atoms with van der Waals surface area (Å²) in [5.74, 6) is -0.513. The number of hydrogen-bond acceptors (Lipinski definition) is 5. The second kappa shape index (κ2) is 13.6. The van der Waals surface area contributed by atoms with Gasteiger partial charge in [0.1, 0.15) is 11.9 Å². The zero-order chi connectivity index (χ0) is 27.5. The zero-order valence-electron chi connectivity index (χ0n) is 21.0. The molecule has 10 heteroatoms. The van der Waals surface area contributed by atoms with Crippen molar-refractivity contribution in [3.63, 3.8) is 0 Å². The van der Waals surface area contributed by atoms with Crippen LogP contribution in [-0.4, -0.2) is 33.5 Å². The van der Waals surface area contributed by atoms with Gasteiger partial charge in [-0.15, -0.1) is 0 Å². The first-order valence-corrected chi connectivity index (χ1v) is 12.4. The van der Waals surface area contributed by atoms with Crippen molar-refractivity contribution >= 4 is 11.9 Å². The van der Waals surface area contributed by atoms with Crippen LogP contribution in [0, 0.1) is 0 Å². The average Bonchev–Trinajstić information content (AvgIpc) is 2.90. The number of amides is 1. The first-order chi connectivity index (χ1) is 18.2. The van der Waals surface area contributed by atoms with Gasteiger partial charge in [-0.25, -0.2) is 9.97 Å². The maximum absolute atomic E-state index is 12.8. The maximum Gasteiger partial charge on any atom is 0.416 e. The monoisotopic (exact) mass is 529 g/mol. The van der Waals surface area contributed by atoms with E-state index in [-0.39, 0.29) is 25.0 Å². The number of carbonyl (C=O) groups excluding carboxylic acids is 1. The van der Waals surface area contributed by atoms with Crippen LogP contribution in [0.1, 0.15) is 73.0 Å². The highest BCUT2D eigenvalue weighted by molar-refractivity contribution is 5.94. The van der Waals surface area contributed by atoms with E-state index in [4.69, 9.17) is 9.84 Å². The molecule has 0 bridgehead atoms. The first kappa shape index (κ1) is 28.6. The van der Waals surface area contributed by atoms with Gasteiger partial charge < -0.3 is 15.2 Å². The fraction of sp³-hybridized carbons (Fsp3) is 0.357. The van der Waals surface area contributed by atoms with Crippen molar-refractivity contribution in [2.45, 2.75) is 57.7 Å². The highest BCUT2D eigenvalue weighted by Crippen LogP contribution is 2.31. The second-order valence-corrected chi connectivity index (χ2v) is 8.79. The fourth-order valence-corrected chi connectivity index (χ4v) is 3.75. The molecule has 7 nitrogen and oxygen atoms in total. The number of halogens is 3. The lowest BCUT2D eigenvalue weighted by Gasteiger charge is -2.20. The second-order valence-electron chi connectivity index (χ2n) is 8.79. The SMILES string of the molecule is CCCCCCC(Oc1ccc(C(=O)NCCC(=O)O)cc1)c1cnc(-c2ccc(C(F)(F)F)cc2)nc1. The van der Waals surface area contributed by atoms with E-state index in [0.29, 0.717) is 29.1 Å². The van der Waals surface area contributed by atoms with Crippen molar-refractivity contribution in [3.8, 4) is 17.1 Å². The molecule has 3 rings (SSSR count). The molecule has 38 heavy (non-hydrogen) atoms. The molecule has 2 aromatic carbocycles. The van der Waals surface area contributed by atoms with Crippen molar-refractivity contribution in [1.29, 1.82) is 0 Å². The molecule has 1 amide bonds. The molecule has 202 valence electrons. The van der Waals surface area contributed by atoms with Gasteiger partial charge in [0.15, 0.2) is 5.82 Å². The molecule has 1 atom stereocenters. The van der Waals surface area contributed by atoms with Crippen molar-refractivity contribution in [1.82, 2.24) is 15.3 Å². The Morgan fingerprint density at radius 3 is 2.21 bits per heavy atom. The van der Waals surface area contributed by atoms with Crippen LogP contribution in [-0.2, 0) is 11.0 Å². The summed E-state index contributed by atoms with van der Waals surface area (Å²) in [5.41, 5.74) is 0.850. The number of nitrogens with zero attached hydrogens (tertiary/aromatic N) is 2. The molecule has 1 unspecified atom stereocenters. The van der Waals surface area contributed by atoms with Gasteiger partial charge in [-0.2, -0.15) is 13.2 Å². The summed E-state index contributed by atoms with van der Waals surface area (Å²) in [6.45, 7) is 2.16. The third-order valence-electron chi connectivity index (χ3n) is 5.85. The maximum atomic E-state index is 12.8. The van der Waals surface area contributed by atoms with Crippen LogP contribution in [0.4, 0.5) is 13.2 Å². The van der Waals surface area contributed by atoms with Crippen molar-refractivity contribution in [3.05, 3.63) is 77.6 Å². The number of ether oxygens (including phenoxy) is 1. The molecule has 0 aliphatic carbocycles. The molecule has 0 saturated carbocycles. The number of aliphatic carboxylic acids is 1. The van der Waals surface area contributed by atoms with Crippen LogP contribution < -0.4 is 10.1 Å². The van der Waals surface area contributed by atoms with Crippen LogP contribution in [0.25, 0.3) is 11.4 Å². The highest BCUT2D eigenvalue weighted by Gasteiger charge is 2.30. The molecule has 0 aliphatic rings. The smallest absolute Gasteiger partial charge is 0.416 e. The van der Waals surface area contributed by atoms with E-state index in [2.05, 4.69) is 22.2 Å². The lowest BCUT2D eigenvalue weighted by molar-refractivity contribution is -0.138. The molecule has 1 heterocycles. The van der Waals surface area contributed by atoms with E-state index < -0.39 is 17.7 Å². The molecule has 0 fully saturated rings. The Morgan fingerprint density at radius 2 is 1.63 bits per heavy atom. The van der Waals surface area contributed by atoms with Crippen molar-refractivity contribution < 1.29 is 32.6 Å². The number of benzene rings is 2. The molecule has 0 radical (unpaired) electrons. The number of rotatable bonds is 13. The molecule has 0 aliphatic heterocycles. The highest BCUT2D eigenvalue weighted by atomic mass is 19.4. The molecule has 3 aromatic rings. The van der Waals surface area contributed by atoms with E-state index in [1.807, 2.05) is 0 Å². The summed E-state index contributed by atoms with van der Waals surface area (Å²) in [7, 11) is 0. The van der Waals surface area contributed by atoms with Gasteiger partial charge in [0.05, 0.1) is 12.0 Å². The van der Waals surface area contributed by atoms with Gasteiger partial charge in [-0.05, 0) is 49.2 Å². The molecule has 1 aromatic heterocycles. The Kier molecular flexibility index (Phi) is 10.2. The third-order valence-corrected chi connectivity index (χ3v) is 5.85. The average molecular weight is 530 g/mol. The Hall–Kier alpha value is -3.95. The zero-order valence-corrected chi connectivity index (χ0v) is 21.0. The van der Waals surface area contributed by atoms with E-state index >= 15 is 0 Å². The minimum absolute atomic E-state index is 0.0364. The number of alkyl halides is 3. The van der Waals surface area contributed by atoms with Gasteiger partial charge >= 0.3 is 12.1 Å². The number of nitrogens with one attached hydrogen (secondary N) is 1. The van der Waals surface area contributed by atoms with Crippen LogP contribution in [0.15, 0.2) is 60.9 Å². The van der Waals surface area contributed by atoms with Gasteiger partial charge in [0.2, 0.25) is 0 Å². The topological polar surface area (TPSA) is 101 Å². The largest absolute Gasteiger partial charge is 0.486 e. The Labute approximate surface area is 219 Å². The number of hydrogen-bond donors (Lipinski definition) is 2. The number of carboxylic acid groups (broad SMARTS) is 1. The molecule has 2 N–H and O–H groups in total. The number of unbranched alkanes of at least 4 members (excludes halogenated alkanes) is 3. The summed E-state index contributed by atoms with van der Waals surface area (Å²) in [6, 6.07) is 11.2. The third kappa shape index (κ3) is 8.57. The molecule has 0 saturated heterocycles. The normalized spacial score (nSPS) is 12.1. The van der Waals surface area contributed by atoms with E-state index in [1.54, 1.807) is 36.7 Å². The van der Waals surface area contributed by atoms with E-state index in [9.17, 15) is 22.8 Å². The number of aromatic nitrogens is 2. The lowest BCUT2D eigenvalue weighted by Crippen LogP contribution is -2.25. The van der Waals surface area contributed by atoms with Crippen LogP contribution in [0.2, 0.25) is 0 Å². The Bertz CT molecular complexity index is 1180. The van der Waals surface area contributed by atoms with Gasteiger partial charge in [-0.1, -0.05) is 38.3 Å². The first-order valence-electron chi connectivity index (χ1n) is 12.4. The van der Waals surface area contributed by atoms with Crippen molar-refractivity contribution in [2.75, 3.05) is 6.54 Å². The predicted octanol–water partition coefficient (Wildman–Crippen LogP) is 6.46. The molecular formula is C28H30F3N3O4. The fourth-order valence-electron chi connectivity index (χ4n) is 3.75. The standard InChI is InChI=1S/C28H30F3N3O4/c1-2-3-4-5-6-24(38-23-13-9-20(10-14-23)27(37)32-16-15-25(35)36)21-17-33-26(34-18-21)19-7-11-22(12-8-19)28(29,30)31/h7-14,17-18,24H,2-6,15-16H2,1H3,(H,32,37)(H,35,36). The summed E-state index contributed by atoms with van der Waals surface area (Å²) in [4.78, 5) is 31.5. The molecular weight excluding hydrogens is 499 g/mol. The summed E-state index contributed by atoms with van der Waals surface area (Å²) < 4.78 is 44.7. The summed E-state index contributed by atoms with van der Waals surface area (Å²) in [5, 5.41) is 11.3. The summed E-state index contributed by atoms with van der Waals surface area (Å²) in [6.07, 6.45) is 3.17. The minimum atomic E-state index is -4.41. The quantitative estimate of drug-likeness (QED) is 0.247. The van der Waals surface area contributed by atoms with E-state index in [0.717, 1.165) is 43.4 Å². The van der Waals surface area contributed by atoms with Gasteiger partial charge in [0.25, 0.3) is 5.91 Å². The lowest BCUT2D eigenvalue weighted by atomic mass is 10.0. The Morgan fingerprint density at radius 1 is 0.974 bits per heavy atom. The number of carboxylic acids is 1.